The molecule has 1 atom stereocenters. The summed E-state index contributed by atoms with van der Waals surface area (Å²) >= 11 is 12.2. The first-order valence-electron chi connectivity index (χ1n) is 5.76. The maximum Gasteiger partial charge on any atom is 0.128 e. The molecule has 19 heavy (non-hydrogen) atoms. The van der Waals surface area contributed by atoms with Crippen LogP contribution in [0.15, 0.2) is 30.3 Å². The smallest absolute Gasteiger partial charge is 0.128 e. The first-order chi connectivity index (χ1) is 8.90. The number of alkyl halides is 1. The van der Waals surface area contributed by atoms with Gasteiger partial charge < -0.3 is 0 Å². The monoisotopic (exact) mass is 300 g/mol. The molecule has 0 N–H and O–H groups in total. The molecule has 100 valence electrons. The third-order valence-electron chi connectivity index (χ3n) is 3.03. The summed E-state index contributed by atoms with van der Waals surface area (Å²) in [4.78, 5) is 0. The number of halogens is 4. The highest BCUT2D eigenvalue weighted by Crippen LogP contribution is 2.33. The number of hydrogen-bond acceptors (Lipinski definition) is 0. The summed E-state index contributed by atoms with van der Waals surface area (Å²) < 4.78 is 27.4. The second kappa shape index (κ2) is 5.48. The van der Waals surface area contributed by atoms with E-state index in [1.807, 2.05) is 6.92 Å². The van der Waals surface area contributed by atoms with Gasteiger partial charge in [-0.3, -0.25) is 0 Å². The summed E-state index contributed by atoms with van der Waals surface area (Å²) in [5.41, 5.74) is 1.92. The molecule has 0 bridgehead atoms. The normalized spacial score (nSPS) is 12.5. The van der Waals surface area contributed by atoms with E-state index in [0.29, 0.717) is 10.6 Å². The van der Waals surface area contributed by atoms with Crippen LogP contribution in [0.1, 0.15) is 27.6 Å². The highest BCUT2D eigenvalue weighted by atomic mass is 35.5. The molecule has 2 aromatic carbocycles. The van der Waals surface area contributed by atoms with E-state index in [9.17, 15) is 8.78 Å². The SMILES string of the molecule is Cc1cc(F)c(C(Cl)c2ccc(Cl)c(C)c2)cc1F. The van der Waals surface area contributed by atoms with Gasteiger partial charge >= 0.3 is 0 Å². The Balaban J connectivity index is 2.46. The summed E-state index contributed by atoms with van der Waals surface area (Å²) in [6.45, 7) is 3.35. The fourth-order valence-corrected chi connectivity index (χ4v) is 2.28. The zero-order valence-corrected chi connectivity index (χ0v) is 12.0. The molecule has 0 heterocycles. The van der Waals surface area contributed by atoms with Crippen molar-refractivity contribution in [3.05, 3.63) is 69.2 Å². The Morgan fingerprint density at radius 1 is 0.947 bits per heavy atom. The molecule has 0 aliphatic carbocycles. The molecular formula is C15H12Cl2F2. The van der Waals surface area contributed by atoms with Gasteiger partial charge in [-0.1, -0.05) is 23.7 Å². The number of benzene rings is 2. The lowest BCUT2D eigenvalue weighted by Crippen LogP contribution is -2.00. The molecule has 2 rings (SSSR count). The number of aryl methyl sites for hydroxylation is 2. The first-order valence-corrected chi connectivity index (χ1v) is 6.57. The number of hydrogen-bond donors (Lipinski definition) is 0. The van der Waals surface area contributed by atoms with Crippen LogP contribution in [0, 0.1) is 25.5 Å². The van der Waals surface area contributed by atoms with Crippen LogP contribution in [0.3, 0.4) is 0 Å². The fraction of sp³-hybridized carbons (Fsp3) is 0.200. The van der Waals surface area contributed by atoms with Crippen LogP contribution in [-0.2, 0) is 0 Å². The van der Waals surface area contributed by atoms with Gasteiger partial charge in [-0.15, -0.1) is 11.6 Å². The minimum absolute atomic E-state index is 0.131. The summed E-state index contributed by atoms with van der Waals surface area (Å²) in [7, 11) is 0. The molecule has 1 unspecified atom stereocenters. The predicted octanol–water partition coefficient (Wildman–Crippen LogP) is 5.56. The van der Waals surface area contributed by atoms with Crippen molar-refractivity contribution in [1.29, 1.82) is 0 Å². The lowest BCUT2D eigenvalue weighted by molar-refractivity contribution is 0.580. The Morgan fingerprint density at radius 3 is 2.26 bits per heavy atom. The number of rotatable bonds is 2. The van der Waals surface area contributed by atoms with Crippen LogP contribution in [0.5, 0.6) is 0 Å². The van der Waals surface area contributed by atoms with Gasteiger partial charge in [0.05, 0.1) is 5.38 Å². The molecule has 2 aromatic rings. The molecule has 0 aliphatic heterocycles. The topological polar surface area (TPSA) is 0 Å². The van der Waals surface area contributed by atoms with Crippen LogP contribution in [0.4, 0.5) is 8.78 Å². The van der Waals surface area contributed by atoms with Gasteiger partial charge in [0.1, 0.15) is 11.6 Å². The molecule has 0 radical (unpaired) electrons. The highest BCUT2D eigenvalue weighted by molar-refractivity contribution is 6.31. The summed E-state index contributed by atoms with van der Waals surface area (Å²) in [6, 6.07) is 7.49. The van der Waals surface area contributed by atoms with Crippen molar-refractivity contribution in [3.8, 4) is 0 Å². The Hall–Kier alpha value is -1.12. The van der Waals surface area contributed by atoms with Gasteiger partial charge in [-0.05, 0) is 48.7 Å². The van der Waals surface area contributed by atoms with Gasteiger partial charge in [0.15, 0.2) is 0 Å². The van der Waals surface area contributed by atoms with Crippen LogP contribution in [-0.4, -0.2) is 0 Å². The van der Waals surface area contributed by atoms with E-state index in [1.54, 1.807) is 18.2 Å². The molecule has 0 amide bonds. The third kappa shape index (κ3) is 2.90. The quantitative estimate of drug-likeness (QED) is 0.637. The second-order valence-electron chi connectivity index (χ2n) is 4.49. The second-order valence-corrected chi connectivity index (χ2v) is 5.34. The lowest BCUT2D eigenvalue weighted by atomic mass is 10.0. The zero-order valence-electron chi connectivity index (χ0n) is 10.5. The van der Waals surface area contributed by atoms with E-state index in [-0.39, 0.29) is 11.1 Å². The predicted molar refractivity (Wildman–Crippen MR) is 75.0 cm³/mol. The Labute approximate surface area is 121 Å². The van der Waals surface area contributed by atoms with Gasteiger partial charge in [-0.2, -0.15) is 0 Å². The van der Waals surface area contributed by atoms with Crippen molar-refractivity contribution in [3.63, 3.8) is 0 Å². The molecule has 0 saturated heterocycles. The molecule has 4 heteroatoms. The van der Waals surface area contributed by atoms with Crippen molar-refractivity contribution in [2.75, 3.05) is 0 Å². The largest absolute Gasteiger partial charge is 0.207 e. The van der Waals surface area contributed by atoms with E-state index in [4.69, 9.17) is 23.2 Å². The van der Waals surface area contributed by atoms with Crippen molar-refractivity contribution in [1.82, 2.24) is 0 Å². The average Bonchev–Trinajstić information content (AvgIpc) is 2.36. The molecule has 0 nitrogen and oxygen atoms in total. The molecule has 0 aromatic heterocycles. The Morgan fingerprint density at radius 2 is 1.63 bits per heavy atom. The summed E-state index contributed by atoms with van der Waals surface area (Å²) in [5.74, 6) is -0.973. The first kappa shape index (κ1) is 14.3. The van der Waals surface area contributed by atoms with E-state index in [2.05, 4.69) is 0 Å². The molecule has 0 aliphatic rings. The highest BCUT2D eigenvalue weighted by Gasteiger charge is 2.18. The van der Waals surface area contributed by atoms with E-state index < -0.39 is 17.0 Å². The van der Waals surface area contributed by atoms with Crippen molar-refractivity contribution in [2.24, 2.45) is 0 Å². The van der Waals surface area contributed by atoms with Crippen molar-refractivity contribution >= 4 is 23.2 Å². The van der Waals surface area contributed by atoms with Gasteiger partial charge in [0.2, 0.25) is 0 Å². The molecular weight excluding hydrogens is 289 g/mol. The van der Waals surface area contributed by atoms with Crippen LogP contribution in [0.2, 0.25) is 5.02 Å². The summed E-state index contributed by atoms with van der Waals surface area (Å²) in [6.07, 6.45) is 0. The Bertz CT molecular complexity index is 624. The maximum absolute atomic E-state index is 13.9. The van der Waals surface area contributed by atoms with E-state index >= 15 is 0 Å². The third-order valence-corrected chi connectivity index (χ3v) is 3.94. The van der Waals surface area contributed by atoms with E-state index in [0.717, 1.165) is 17.7 Å². The van der Waals surface area contributed by atoms with Crippen LogP contribution < -0.4 is 0 Å². The standard InChI is InChI=1S/C15H12Cl2F2/c1-8-5-10(3-4-12(8)16)15(17)11-7-13(18)9(2)6-14(11)19/h3-7,15H,1-2H3. The lowest BCUT2D eigenvalue weighted by Gasteiger charge is -2.13. The van der Waals surface area contributed by atoms with Crippen LogP contribution >= 0.6 is 23.2 Å². The Kier molecular flexibility index (Phi) is 4.12. The van der Waals surface area contributed by atoms with E-state index in [1.165, 1.54) is 6.92 Å². The van der Waals surface area contributed by atoms with Crippen molar-refractivity contribution in [2.45, 2.75) is 19.2 Å². The minimum Gasteiger partial charge on any atom is -0.207 e. The van der Waals surface area contributed by atoms with Gasteiger partial charge in [0, 0.05) is 10.6 Å². The minimum atomic E-state index is -0.744. The molecule has 0 fully saturated rings. The fourth-order valence-electron chi connectivity index (χ4n) is 1.86. The summed E-state index contributed by atoms with van der Waals surface area (Å²) in [5, 5.41) is -0.130. The van der Waals surface area contributed by atoms with Gasteiger partial charge in [0.25, 0.3) is 0 Å². The average molecular weight is 301 g/mol. The zero-order chi connectivity index (χ0) is 14.2. The van der Waals surface area contributed by atoms with Crippen LogP contribution in [0.25, 0.3) is 0 Å². The van der Waals surface area contributed by atoms with Gasteiger partial charge in [-0.25, -0.2) is 8.78 Å². The van der Waals surface area contributed by atoms with Crippen molar-refractivity contribution < 1.29 is 8.78 Å². The maximum atomic E-state index is 13.9. The molecule has 0 saturated carbocycles. The molecule has 0 spiro atoms.